The Bertz CT molecular complexity index is 856. The van der Waals surface area contributed by atoms with Crippen molar-refractivity contribution >= 4 is 16.9 Å². The highest BCUT2D eigenvalue weighted by atomic mass is 19.1. The molecule has 0 radical (unpaired) electrons. The summed E-state index contributed by atoms with van der Waals surface area (Å²) >= 11 is 0. The van der Waals surface area contributed by atoms with E-state index in [0.29, 0.717) is 23.0 Å². The number of halogens is 1. The number of aromatic nitrogens is 2. The molecule has 1 aromatic heterocycles. The maximum absolute atomic E-state index is 14.1. The Morgan fingerprint density at radius 3 is 2.65 bits per heavy atom. The number of benzene rings is 2. The summed E-state index contributed by atoms with van der Waals surface area (Å²) in [5.41, 5.74) is 1.98. The molecule has 0 amide bonds. The average molecular weight is 314 g/mol. The van der Waals surface area contributed by atoms with E-state index >= 15 is 0 Å². The van der Waals surface area contributed by atoms with E-state index in [9.17, 15) is 9.18 Å². The fourth-order valence-corrected chi connectivity index (χ4v) is 2.50. The third-order valence-corrected chi connectivity index (χ3v) is 3.62. The number of ether oxygens (including phenoxy) is 1. The first-order valence-corrected chi connectivity index (χ1v) is 7.05. The lowest BCUT2D eigenvalue weighted by Crippen LogP contribution is -2.04. The van der Waals surface area contributed by atoms with Crippen molar-refractivity contribution < 1.29 is 19.0 Å². The minimum absolute atomic E-state index is 0.222. The molecule has 0 aliphatic carbocycles. The molecule has 0 saturated carbocycles. The maximum atomic E-state index is 14.1. The van der Waals surface area contributed by atoms with Crippen LogP contribution in [0.5, 0.6) is 5.75 Å². The lowest BCUT2D eigenvalue weighted by molar-refractivity contribution is -0.136. The van der Waals surface area contributed by atoms with E-state index in [4.69, 9.17) is 9.84 Å². The summed E-state index contributed by atoms with van der Waals surface area (Å²) in [6.07, 6.45) is 1.24. The molecule has 1 N–H and O–H groups in total. The van der Waals surface area contributed by atoms with E-state index in [0.717, 1.165) is 11.3 Å². The molecule has 0 aliphatic rings. The van der Waals surface area contributed by atoms with E-state index in [1.54, 1.807) is 17.9 Å². The van der Waals surface area contributed by atoms with E-state index in [2.05, 4.69) is 5.10 Å². The number of fused-ring (bicyclic) bond motifs is 1. The van der Waals surface area contributed by atoms with Crippen LogP contribution in [0, 0.1) is 5.82 Å². The Kier molecular flexibility index (Phi) is 3.97. The summed E-state index contributed by atoms with van der Waals surface area (Å²) in [7, 11) is 1.60. The van der Waals surface area contributed by atoms with Crippen molar-refractivity contribution in [1.82, 2.24) is 9.78 Å². The van der Waals surface area contributed by atoms with Crippen LogP contribution in [-0.2, 0) is 17.8 Å². The van der Waals surface area contributed by atoms with Crippen LogP contribution >= 0.6 is 0 Å². The number of aliphatic carboxylic acids is 1. The van der Waals surface area contributed by atoms with Crippen LogP contribution in [0.2, 0.25) is 0 Å². The standard InChI is InChI=1S/C17H15FN2O3/c1-23-13-4-2-11(3-5-13)10-20-16-7-12(8-17(21)22)6-15(18)14(16)9-19-20/h2-7,9H,8,10H2,1H3,(H,21,22). The third-order valence-electron chi connectivity index (χ3n) is 3.62. The second-order valence-corrected chi connectivity index (χ2v) is 5.23. The zero-order valence-corrected chi connectivity index (χ0v) is 12.5. The lowest BCUT2D eigenvalue weighted by Gasteiger charge is -2.07. The highest BCUT2D eigenvalue weighted by Gasteiger charge is 2.11. The van der Waals surface area contributed by atoms with Crippen molar-refractivity contribution in [1.29, 1.82) is 0 Å². The van der Waals surface area contributed by atoms with Gasteiger partial charge < -0.3 is 9.84 Å². The first kappa shape index (κ1) is 15.0. The molecule has 0 bridgehead atoms. The summed E-state index contributed by atoms with van der Waals surface area (Å²) in [5.74, 6) is -0.696. The number of carboxylic acid groups (broad SMARTS) is 1. The van der Waals surface area contributed by atoms with Gasteiger partial charge in [-0.15, -0.1) is 0 Å². The maximum Gasteiger partial charge on any atom is 0.307 e. The zero-order valence-electron chi connectivity index (χ0n) is 12.5. The second kappa shape index (κ2) is 6.08. The number of methoxy groups -OCH3 is 1. The number of hydrogen-bond acceptors (Lipinski definition) is 3. The summed E-state index contributed by atoms with van der Waals surface area (Å²) in [6, 6.07) is 10.4. The molecule has 3 rings (SSSR count). The van der Waals surface area contributed by atoms with Crippen LogP contribution in [0.1, 0.15) is 11.1 Å². The smallest absolute Gasteiger partial charge is 0.307 e. The zero-order chi connectivity index (χ0) is 16.4. The Morgan fingerprint density at radius 2 is 2.00 bits per heavy atom. The summed E-state index contributed by atoms with van der Waals surface area (Å²) in [5, 5.41) is 13.5. The molecule has 2 aromatic carbocycles. The Morgan fingerprint density at radius 1 is 1.26 bits per heavy atom. The van der Waals surface area contributed by atoms with Crippen LogP contribution in [0.3, 0.4) is 0 Å². The predicted octanol–water partition coefficient (Wildman–Crippen LogP) is 2.86. The van der Waals surface area contributed by atoms with Crippen LogP contribution in [0.15, 0.2) is 42.6 Å². The number of carboxylic acids is 1. The van der Waals surface area contributed by atoms with Crippen LogP contribution in [-0.4, -0.2) is 28.0 Å². The van der Waals surface area contributed by atoms with Crippen molar-refractivity contribution in [2.45, 2.75) is 13.0 Å². The monoisotopic (exact) mass is 314 g/mol. The van der Waals surface area contributed by atoms with Gasteiger partial charge in [-0.1, -0.05) is 12.1 Å². The molecule has 0 spiro atoms. The Labute approximate surface area is 131 Å². The minimum atomic E-state index is -0.995. The number of carbonyl (C=O) groups is 1. The lowest BCUT2D eigenvalue weighted by atomic mass is 10.1. The molecule has 23 heavy (non-hydrogen) atoms. The molecule has 0 fully saturated rings. The Hall–Kier alpha value is -2.89. The van der Waals surface area contributed by atoms with Gasteiger partial charge in [-0.05, 0) is 35.4 Å². The van der Waals surface area contributed by atoms with Gasteiger partial charge in [0, 0.05) is 0 Å². The molecule has 1 heterocycles. The summed E-state index contributed by atoms with van der Waals surface area (Å²) < 4.78 is 20.9. The summed E-state index contributed by atoms with van der Waals surface area (Å²) in [4.78, 5) is 10.8. The average Bonchev–Trinajstić information content (AvgIpc) is 2.91. The number of nitrogens with zero attached hydrogens (tertiary/aromatic N) is 2. The topological polar surface area (TPSA) is 64.4 Å². The molecular weight excluding hydrogens is 299 g/mol. The van der Waals surface area contributed by atoms with Gasteiger partial charge in [-0.25, -0.2) is 4.39 Å². The third kappa shape index (κ3) is 3.15. The van der Waals surface area contributed by atoms with Crippen molar-refractivity contribution in [3.05, 3.63) is 59.5 Å². The molecular formula is C17H15FN2O3. The number of hydrogen-bond donors (Lipinski definition) is 1. The second-order valence-electron chi connectivity index (χ2n) is 5.23. The highest BCUT2D eigenvalue weighted by molar-refractivity contribution is 5.81. The number of rotatable bonds is 5. The van der Waals surface area contributed by atoms with Gasteiger partial charge in [0.1, 0.15) is 11.6 Å². The van der Waals surface area contributed by atoms with Gasteiger partial charge >= 0.3 is 5.97 Å². The molecule has 5 nitrogen and oxygen atoms in total. The van der Waals surface area contributed by atoms with Crippen LogP contribution < -0.4 is 4.74 Å². The minimum Gasteiger partial charge on any atom is -0.497 e. The van der Waals surface area contributed by atoms with Gasteiger partial charge in [0.2, 0.25) is 0 Å². The molecule has 0 aliphatic heterocycles. The predicted molar refractivity (Wildman–Crippen MR) is 83.1 cm³/mol. The molecule has 6 heteroatoms. The van der Waals surface area contributed by atoms with E-state index < -0.39 is 11.8 Å². The van der Waals surface area contributed by atoms with E-state index in [1.165, 1.54) is 12.3 Å². The fourth-order valence-electron chi connectivity index (χ4n) is 2.50. The fraction of sp³-hybridized carbons (Fsp3) is 0.176. The Balaban J connectivity index is 1.96. The van der Waals surface area contributed by atoms with Gasteiger partial charge in [-0.3, -0.25) is 9.48 Å². The van der Waals surface area contributed by atoms with Crippen LogP contribution in [0.25, 0.3) is 10.9 Å². The van der Waals surface area contributed by atoms with Gasteiger partial charge in [0.05, 0.1) is 37.2 Å². The van der Waals surface area contributed by atoms with Crippen molar-refractivity contribution in [3.63, 3.8) is 0 Å². The van der Waals surface area contributed by atoms with Crippen LogP contribution in [0.4, 0.5) is 4.39 Å². The molecule has 118 valence electrons. The highest BCUT2D eigenvalue weighted by Crippen LogP contribution is 2.22. The largest absolute Gasteiger partial charge is 0.497 e. The van der Waals surface area contributed by atoms with Gasteiger partial charge in [-0.2, -0.15) is 5.10 Å². The quantitative estimate of drug-likeness (QED) is 0.786. The molecule has 0 saturated heterocycles. The SMILES string of the molecule is COc1ccc(Cn2ncc3c(F)cc(CC(=O)O)cc32)cc1. The molecule has 3 aromatic rings. The van der Waals surface area contributed by atoms with E-state index in [1.807, 2.05) is 24.3 Å². The first-order valence-electron chi connectivity index (χ1n) is 7.05. The molecule has 0 unspecified atom stereocenters. The van der Waals surface area contributed by atoms with Crippen molar-refractivity contribution in [3.8, 4) is 5.75 Å². The van der Waals surface area contributed by atoms with Crippen molar-refractivity contribution in [2.75, 3.05) is 7.11 Å². The normalized spacial score (nSPS) is 10.9. The molecule has 0 atom stereocenters. The van der Waals surface area contributed by atoms with Gasteiger partial charge in [0.25, 0.3) is 0 Å². The van der Waals surface area contributed by atoms with Crippen molar-refractivity contribution in [2.24, 2.45) is 0 Å². The van der Waals surface area contributed by atoms with Gasteiger partial charge in [0.15, 0.2) is 0 Å². The summed E-state index contributed by atoms with van der Waals surface area (Å²) in [6.45, 7) is 0.462. The first-order chi connectivity index (χ1) is 11.1. The van der Waals surface area contributed by atoms with E-state index in [-0.39, 0.29) is 6.42 Å².